The molecule has 0 radical (unpaired) electrons. The van der Waals surface area contributed by atoms with Gasteiger partial charge in [0, 0.05) is 18.1 Å². The van der Waals surface area contributed by atoms with E-state index in [1.807, 2.05) is 4.90 Å². The topological polar surface area (TPSA) is 58.6 Å². The number of likely N-dealkylation sites (tertiary alicyclic amines) is 1. The minimum atomic E-state index is -0.332. The number of nitrogens with one attached hydrogen (secondary N) is 1. The fourth-order valence-electron chi connectivity index (χ4n) is 2.76. The molecule has 130 valence electrons. The molecule has 0 spiro atoms. The first-order valence-corrected chi connectivity index (χ1v) is 8.58. The van der Waals surface area contributed by atoms with Gasteiger partial charge in [0.15, 0.2) is 6.61 Å². The van der Waals surface area contributed by atoms with Crippen molar-refractivity contribution in [2.24, 2.45) is 0 Å². The first-order chi connectivity index (χ1) is 12.1. The van der Waals surface area contributed by atoms with Crippen LogP contribution in [0.3, 0.4) is 0 Å². The van der Waals surface area contributed by atoms with E-state index in [0.717, 1.165) is 25.9 Å². The lowest BCUT2D eigenvalue weighted by atomic mass is 10.1. The summed E-state index contributed by atoms with van der Waals surface area (Å²) in [5, 5.41) is 3.30. The van der Waals surface area contributed by atoms with E-state index in [0.29, 0.717) is 22.0 Å². The van der Waals surface area contributed by atoms with Crippen LogP contribution in [0.5, 0.6) is 5.75 Å². The highest BCUT2D eigenvalue weighted by Crippen LogP contribution is 2.21. The van der Waals surface area contributed by atoms with Crippen LogP contribution in [0, 0.1) is 0 Å². The maximum Gasteiger partial charge on any atom is 0.262 e. The van der Waals surface area contributed by atoms with Gasteiger partial charge in [-0.15, -0.1) is 0 Å². The molecule has 1 aliphatic rings. The Morgan fingerprint density at radius 2 is 1.84 bits per heavy atom. The molecule has 0 aliphatic carbocycles. The molecule has 0 unspecified atom stereocenters. The van der Waals surface area contributed by atoms with Crippen LogP contribution in [0.1, 0.15) is 23.2 Å². The molecular weight excluding hydrogens is 340 g/mol. The number of anilines is 1. The van der Waals surface area contributed by atoms with Crippen molar-refractivity contribution in [3.05, 3.63) is 59.1 Å². The minimum absolute atomic E-state index is 0.0517. The Morgan fingerprint density at radius 1 is 1.08 bits per heavy atom. The monoisotopic (exact) mass is 358 g/mol. The van der Waals surface area contributed by atoms with Crippen LogP contribution in [-0.4, -0.2) is 36.4 Å². The fourth-order valence-corrected chi connectivity index (χ4v) is 2.94. The fraction of sp³-hybridized carbons (Fsp3) is 0.263. The summed E-state index contributed by atoms with van der Waals surface area (Å²) in [6.45, 7) is 1.37. The van der Waals surface area contributed by atoms with Gasteiger partial charge in [0.05, 0.1) is 11.3 Å². The number of halogens is 1. The summed E-state index contributed by atoms with van der Waals surface area (Å²) in [6.07, 6.45) is 2.04. The smallest absolute Gasteiger partial charge is 0.262 e. The van der Waals surface area contributed by atoms with Gasteiger partial charge in [-0.25, -0.2) is 0 Å². The molecule has 25 heavy (non-hydrogen) atoms. The van der Waals surface area contributed by atoms with E-state index in [1.165, 1.54) is 0 Å². The predicted molar refractivity (Wildman–Crippen MR) is 97.2 cm³/mol. The van der Waals surface area contributed by atoms with E-state index >= 15 is 0 Å². The molecule has 2 amide bonds. The zero-order valence-electron chi connectivity index (χ0n) is 13.7. The summed E-state index contributed by atoms with van der Waals surface area (Å²) in [4.78, 5) is 26.6. The van der Waals surface area contributed by atoms with Crippen molar-refractivity contribution in [1.29, 1.82) is 0 Å². The summed E-state index contributed by atoms with van der Waals surface area (Å²) in [7, 11) is 0. The van der Waals surface area contributed by atoms with Gasteiger partial charge in [0.2, 0.25) is 0 Å². The van der Waals surface area contributed by atoms with Crippen molar-refractivity contribution in [1.82, 2.24) is 4.90 Å². The van der Waals surface area contributed by atoms with Crippen LogP contribution in [0.4, 0.5) is 5.69 Å². The Kier molecular flexibility index (Phi) is 5.56. The van der Waals surface area contributed by atoms with Gasteiger partial charge in [-0.3, -0.25) is 9.59 Å². The second-order valence-corrected chi connectivity index (χ2v) is 6.28. The van der Waals surface area contributed by atoms with Crippen molar-refractivity contribution < 1.29 is 14.3 Å². The standard InChI is InChI=1S/C19H19ClN2O3/c20-14-6-5-7-15(12-14)25-13-18(23)21-17-9-2-1-8-16(17)19(24)22-10-3-4-11-22/h1-2,5-9,12H,3-4,10-11,13H2,(H,21,23). The number of rotatable bonds is 5. The Bertz CT molecular complexity index is 773. The molecule has 1 saturated heterocycles. The largest absolute Gasteiger partial charge is 0.484 e. The molecule has 0 saturated carbocycles. The van der Waals surface area contributed by atoms with Crippen LogP contribution in [0.2, 0.25) is 5.02 Å². The van der Waals surface area contributed by atoms with E-state index < -0.39 is 0 Å². The second kappa shape index (κ2) is 8.03. The molecular formula is C19H19ClN2O3. The van der Waals surface area contributed by atoms with Gasteiger partial charge in [-0.05, 0) is 43.2 Å². The van der Waals surface area contributed by atoms with Crippen molar-refractivity contribution in [2.75, 3.05) is 25.0 Å². The molecule has 1 heterocycles. The summed E-state index contributed by atoms with van der Waals surface area (Å²) < 4.78 is 5.43. The predicted octanol–water partition coefficient (Wildman–Crippen LogP) is 3.59. The number of carbonyl (C=O) groups is 2. The lowest BCUT2D eigenvalue weighted by molar-refractivity contribution is -0.118. The van der Waals surface area contributed by atoms with Crippen LogP contribution in [-0.2, 0) is 4.79 Å². The summed E-state index contributed by atoms with van der Waals surface area (Å²) in [5.41, 5.74) is 1.000. The van der Waals surface area contributed by atoms with E-state index in [1.54, 1.807) is 48.5 Å². The van der Waals surface area contributed by atoms with Crippen molar-refractivity contribution in [3.8, 4) is 5.75 Å². The molecule has 2 aromatic rings. The third-order valence-electron chi connectivity index (χ3n) is 3.99. The van der Waals surface area contributed by atoms with E-state index in [-0.39, 0.29) is 18.4 Å². The Hall–Kier alpha value is -2.53. The molecule has 1 N–H and O–H groups in total. The lowest BCUT2D eigenvalue weighted by Crippen LogP contribution is -2.29. The van der Waals surface area contributed by atoms with Gasteiger partial charge in [-0.1, -0.05) is 29.8 Å². The summed E-state index contributed by atoms with van der Waals surface area (Å²) in [5.74, 6) is 0.134. The average Bonchev–Trinajstić information content (AvgIpc) is 3.15. The third kappa shape index (κ3) is 4.51. The van der Waals surface area contributed by atoms with E-state index in [4.69, 9.17) is 16.3 Å². The lowest BCUT2D eigenvalue weighted by Gasteiger charge is -2.18. The third-order valence-corrected chi connectivity index (χ3v) is 4.23. The normalized spacial score (nSPS) is 13.6. The Morgan fingerprint density at radius 3 is 2.60 bits per heavy atom. The summed E-state index contributed by atoms with van der Waals surface area (Å²) >= 11 is 5.89. The number of nitrogens with zero attached hydrogens (tertiary/aromatic N) is 1. The summed E-state index contributed by atoms with van der Waals surface area (Å²) in [6, 6.07) is 13.9. The van der Waals surface area contributed by atoms with E-state index in [2.05, 4.69) is 5.32 Å². The molecule has 1 aliphatic heterocycles. The Labute approximate surface area is 151 Å². The van der Waals surface area contributed by atoms with Crippen LogP contribution >= 0.6 is 11.6 Å². The highest BCUT2D eigenvalue weighted by atomic mass is 35.5. The van der Waals surface area contributed by atoms with Crippen molar-refractivity contribution in [2.45, 2.75) is 12.8 Å². The minimum Gasteiger partial charge on any atom is -0.484 e. The second-order valence-electron chi connectivity index (χ2n) is 5.84. The zero-order chi connectivity index (χ0) is 17.6. The molecule has 3 rings (SSSR count). The molecule has 2 aromatic carbocycles. The Balaban J connectivity index is 1.64. The van der Waals surface area contributed by atoms with Gasteiger partial charge in [0.1, 0.15) is 5.75 Å². The first-order valence-electron chi connectivity index (χ1n) is 8.20. The number of carbonyl (C=O) groups excluding carboxylic acids is 2. The molecule has 0 aromatic heterocycles. The van der Waals surface area contributed by atoms with Crippen molar-refractivity contribution in [3.63, 3.8) is 0 Å². The van der Waals surface area contributed by atoms with Crippen molar-refractivity contribution >= 4 is 29.1 Å². The van der Waals surface area contributed by atoms with Gasteiger partial charge >= 0.3 is 0 Å². The number of para-hydroxylation sites is 1. The molecule has 0 atom stereocenters. The van der Waals surface area contributed by atoms with Crippen LogP contribution in [0.15, 0.2) is 48.5 Å². The first kappa shape index (κ1) is 17.3. The highest BCUT2D eigenvalue weighted by Gasteiger charge is 2.22. The average molecular weight is 359 g/mol. The molecule has 6 heteroatoms. The van der Waals surface area contributed by atoms with Gasteiger partial charge < -0.3 is 15.0 Å². The SMILES string of the molecule is O=C(COc1cccc(Cl)c1)Nc1ccccc1C(=O)N1CCCC1. The number of hydrogen-bond donors (Lipinski definition) is 1. The quantitative estimate of drug-likeness (QED) is 0.888. The van der Waals surface area contributed by atoms with E-state index in [9.17, 15) is 9.59 Å². The number of ether oxygens (including phenoxy) is 1. The molecule has 0 bridgehead atoms. The number of hydrogen-bond acceptors (Lipinski definition) is 3. The zero-order valence-corrected chi connectivity index (χ0v) is 14.5. The van der Waals surface area contributed by atoms with Crippen LogP contribution < -0.4 is 10.1 Å². The molecule has 5 nitrogen and oxygen atoms in total. The highest BCUT2D eigenvalue weighted by molar-refractivity contribution is 6.30. The van der Waals surface area contributed by atoms with Crippen LogP contribution in [0.25, 0.3) is 0 Å². The number of benzene rings is 2. The maximum atomic E-state index is 12.6. The maximum absolute atomic E-state index is 12.6. The number of amides is 2. The van der Waals surface area contributed by atoms with Gasteiger partial charge in [-0.2, -0.15) is 0 Å². The molecule has 1 fully saturated rings. The van der Waals surface area contributed by atoms with Gasteiger partial charge in [0.25, 0.3) is 11.8 Å².